The Balaban J connectivity index is 1.63. The molecule has 0 saturated heterocycles. The van der Waals surface area contributed by atoms with E-state index in [-0.39, 0.29) is 11.7 Å². The Labute approximate surface area is 155 Å². The maximum atomic E-state index is 12.2. The van der Waals surface area contributed by atoms with E-state index < -0.39 is 0 Å². The van der Waals surface area contributed by atoms with Gasteiger partial charge in [-0.25, -0.2) is 4.98 Å². The molecule has 1 N–H and O–H groups in total. The van der Waals surface area contributed by atoms with E-state index in [1.54, 1.807) is 19.4 Å². The van der Waals surface area contributed by atoms with E-state index in [9.17, 15) is 4.79 Å². The van der Waals surface area contributed by atoms with Crippen molar-refractivity contribution < 1.29 is 9.53 Å². The van der Waals surface area contributed by atoms with Crippen LogP contribution in [0.1, 0.15) is 0 Å². The smallest absolute Gasteiger partial charge is 0.234 e. The van der Waals surface area contributed by atoms with Gasteiger partial charge >= 0.3 is 0 Å². The highest BCUT2D eigenvalue weighted by Crippen LogP contribution is 2.22. The zero-order chi connectivity index (χ0) is 17.6. The number of nitrogens with zero attached hydrogens (tertiary/aromatic N) is 2. The quantitative estimate of drug-likeness (QED) is 0.656. The number of carbonyl (C=O) groups excluding carboxylic acids is 1. The van der Waals surface area contributed by atoms with Crippen LogP contribution in [0, 0.1) is 0 Å². The number of aromatic nitrogens is 2. The number of methoxy groups -OCH3 is 1. The van der Waals surface area contributed by atoms with Gasteiger partial charge in [0, 0.05) is 34.9 Å². The normalized spacial score (nSPS) is 10.5. The molecule has 1 aromatic heterocycles. The number of anilines is 1. The number of carbonyl (C=O) groups is 1. The Morgan fingerprint density at radius 2 is 2.08 bits per heavy atom. The molecule has 0 saturated carbocycles. The van der Waals surface area contributed by atoms with Crippen LogP contribution in [0.5, 0.6) is 5.75 Å². The van der Waals surface area contributed by atoms with Gasteiger partial charge in [0.15, 0.2) is 5.16 Å². The van der Waals surface area contributed by atoms with Crippen molar-refractivity contribution in [3.63, 3.8) is 0 Å². The average Bonchev–Trinajstić information content (AvgIpc) is 3.09. The molecule has 1 amide bonds. The molecule has 0 aliphatic carbocycles. The first kappa shape index (κ1) is 17.4. The summed E-state index contributed by atoms with van der Waals surface area (Å²) in [5.74, 6) is 0.842. The van der Waals surface area contributed by atoms with Crippen LogP contribution in [0.3, 0.4) is 0 Å². The van der Waals surface area contributed by atoms with Crippen LogP contribution in [0.15, 0.2) is 66.1 Å². The Bertz CT molecular complexity index is 865. The summed E-state index contributed by atoms with van der Waals surface area (Å²) in [7, 11) is 1.59. The van der Waals surface area contributed by atoms with Crippen molar-refractivity contribution in [2.24, 2.45) is 0 Å². The van der Waals surface area contributed by atoms with Crippen molar-refractivity contribution in [3.8, 4) is 11.4 Å². The number of rotatable bonds is 6. The lowest BCUT2D eigenvalue weighted by atomic mass is 10.3. The fourth-order valence-corrected chi connectivity index (χ4v) is 3.12. The molecule has 0 bridgehead atoms. The van der Waals surface area contributed by atoms with Crippen LogP contribution in [0.2, 0.25) is 5.02 Å². The second-order valence-electron chi connectivity index (χ2n) is 5.13. The molecule has 0 atom stereocenters. The average molecular weight is 374 g/mol. The van der Waals surface area contributed by atoms with Gasteiger partial charge in [-0.1, -0.05) is 29.4 Å². The van der Waals surface area contributed by atoms with Crippen molar-refractivity contribution >= 4 is 35.0 Å². The maximum absolute atomic E-state index is 12.2. The minimum Gasteiger partial charge on any atom is -0.497 e. The van der Waals surface area contributed by atoms with E-state index in [0.717, 1.165) is 10.8 Å². The van der Waals surface area contributed by atoms with Crippen LogP contribution in [0.25, 0.3) is 5.69 Å². The van der Waals surface area contributed by atoms with Gasteiger partial charge in [0.05, 0.1) is 12.9 Å². The van der Waals surface area contributed by atoms with E-state index in [1.165, 1.54) is 11.8 Å². The Kier molecular flexibility index (Phi) is 5.63. The highest BCUT2D eigenvalue weighted by atomic mass is 35.5. The van der Waals surface area contributed by atoms with Crippen molar-refractivity contribution in [3.05, 3.63) is 65.9 Å². The number of benzene rings is 2. The zero-order valence-electron chi connectivity index (χ0n) is 13.5. The van der Waals surface area contributed by atoms with Crippen molar-refractivity contribution in [2.45, 2.75) is 5.16 Å². The molecule has 5 nitrogen and oxygen atoms in total. The van der Waals surface area contributed by atoms with Crippen molar-refractivity contribution in [2.75, 3.05) is 18.2 Å². The molecule has 0 spiro atoms. The third-order valence-corrected chi connectivity index (χ3v) is 4.62. The molecule has 3 rings (SSSR count). The van der Waals surface area contributed by atoms with Crippen LogP contribution >= 0.6 is 23.4 Å². The zero-order valence-corrected chi connectivity index (χ0v) is 15.1. The Hall–Kier alpha value is -2.44. The molecule has 0 radical (unpaired) electrons. The molecule has 25 heavy (non-hydrogen) atoms. The van der Waals surface area contributed by atoms with Crippen LogP contribution in [-0.4, -0.2) is 28.3 Å². The maximum Gasteiger partial charge on any atom is 0.234 e. The Morgan fingerprint density at radius 3 is 2.84 bits per heavy atom. The summed E-state index contributed by atoms with van der Waals surface area (Å²) in [6.45, 7) is 0. The second kappa shape index (κ2) is 8.09. The summed E-state index contributed by atoms with van der Waals surface area (Å²) >= 11 is 7.29. The number of hydrogen-bond donors (Lipinski definition) is 1. The minimum atomic E-state index is -0.107. The van der Waals surface area contributed by atoms with Crippen LogP contribution in [-0.2, 0) is 4.79 Å². The van der Waals surface area contributed by atoms with E-state index >= 15 is 0 Å². The van der Waals surface area contributed by atoms with Crippen molar-refractivity contribution in [1.82, 2.24) is 9.55 Å². The fraction of sp³-hybridized carbons (Fsp3) is 0.111. The van der Waals surface area contributed by atoms with Crippen LogP contribution in [0.4, 0.5) is 5.69 Å². The molecule has 7 heteroatoms. The highest BCUT2D eigenvalue weighted by Gasteiger charge is 2.10. The molecule has 1 heterocycles. The molecule has 0 unspecified atom stereocenters. The first-order chi connectivity index (χ1) is 12.2. The number of nitrogens with one attached hydrogen (secondary N) is 1. The summed E-state index contributed by atoms with van der Waals surface area (Å²) < 4.78 is 7.07. The van der Waals surface area contributed by atoms with Gasteiger partial charge < -0.3 is 10.1 Å². The predicted octanol–water partition coefficient (Wildman–Crippen LogP) is 4.27. The summed E-state index contributed by atoms with van der Waals surface area (Å²) in [4.78, 5) is 16.5. The first-order valence-electron chi connectivity index (χ1n) is 7.52. The minimum absolute atomic E-state index is 0.107. The largest absolute Gasteiger partial charge is 0.497 e. The third-order valence-electron chi connectivity index (χ3n) is 3.40. The molecule has 128 valence electrons. The number of thioether (sulfide) groups is 1. The monoisotopic (exact) mass is 373 g/mol. The first-order valence-corrected chi connectivity index (χ1v) is 8.88. The van der Waals surface area contributed by atoms with E-state index in [2.05, 4.69) is 10.3 Å². The summed E-state index contributed by atoms with van der Waals surface area (Å²) in [6, 6.07) is 14.7. The molecule has 2 aromatic carbocycles. The third kappa shape index (κ3) is 4.55. The number of imidazole rings is 1. The lowest BCUT2D eigenvalue weighted by Crippen LogP contribution is -2.14. The van der Waals surface area contributed by atoms with Gasteiger partial charge in [-0.3, -0.25) is 9.36 Å². The number of ether oxygens (including phenoxy) is 1. The molecule has 3 aromatic rings. The van der Waals surface area contributed by atoms with Gasteiger partial charge in [-0.2, -0.15) is 0 Å². The van der Waals surface area contributed by atoms with Crippen LogP contribution < -0.4 is 10.1 Å². The number of hydrogen-bond acceptors (Lipinski definition) is 4. The molecule has 0 aliphatic rings. The molecule has 0 fully saturated rings. The van der Waals surface area contributed by atoms with Gasteiger partial charge in [0.2, 0.25) is 5.91 Å². The van der Waals surface area contributed by atoms with E-state index in [4.69, 9.17) is 16.3 Å². The standard InChI is InChI=1S/C18H16ClN3O2S/c1-24-16-4-2-3-14(11-16)21-17(23)12-25-18-20-9-10-22(18)15-7-5-13(19)6-8-15/h2-11H,12H2,1H3,(H,21,23). The lowest BCUT2D eigenvalue weighted by molar-refractivity contribution is -0.113. The highest BCUT2D eigenvalue weighted by molar-refractivity contribution is 7.99. The van der Waals surface area contributed by atoms with Gasteiger partial charge in [0.1, 0.15) is 5.75 Å². The SMILES string of the molecule is COc1cccc(NC(=O)CSc2nccn2-c2ccc(Cl)cc2)c1. The fourth-order valence-electron chi connectivity index (χ4n) is 2.22. The van der Waals surface area contributed by atoms with E-state index in [1.807, 2.05) is 53.2 Å². The number of halogens is 1. The summed E-state index contributed by atoms with van der Waals surface area (Å²) in [5.41, 5.74) is 1.64. The summed E-state index contributed by atoms with van der Waals surface area (Å²) in [6.07, 6.45) is 3.56. The predicted molar refractivity (Wildman–Crippen MR) is 101 cm³/mol. The second-order valence-corrected chi connectivity index (χ2v) is 6.50. The van der Waals surface area contributed by atoms with E-state index in [0.29, 0.717) is 16.5 Å². The number of amides is 1. The van der Waals surface area contributed by atoms with Gasteiger partial charge in [0.25, 0.3) is 0 Å². The Morgan fingerprint density at radius 1 is 1.28 bits per heavy atom. The molecule has 0 aliphatic heterocycles. The van der Waals surface area contributed by atoms with Gasteiger partial charge in [-0.15, -0.1) is 0 Å². The molecular formula is C18H16ClN3O2S. The molecular weight excluding hydrogens is 358 g/mol. The van der Waals surface area contributed by atoms with Crippen molar-refractivity contribution in [1.29, 1.82) is 0 Å². The van der Waals surface area contributed by atoms with Gasteiger partial charge in [-0.05, 0) is 36.4 Å². The topological polar surface area (TPSA) is 56.1 Å². The summed E-state index contributed by atoms with van der Waals surface area (Å²) in [5, 5.41) is 4.27. The lowest BCUT2D eigenvalue weighted by Gasteiger charge is -2.09.